The standard InChI is InChI=1S/C27H29NO3/c29-22-9-8-20-13-25-27(31)15-21(12-18-4-2-1-3-5-18)24(30)16-26(27,23(20)14-22)10-11-28(25)17-19-6-7-19/h1-5,8-9,12,14,19,25,29,31H,6-7,10-11,13,15-17H2/b21-12+/t25-,26-,27-/m1/s1. The number of aliphatic hydroxyl groups is 1. The van der Waals surface area contributed by atoms with Crippen LogP contribution in [0.2, 0.25) is 0 Å². The third-order valence-corrected chi connectivity index (χ3v) is 8.28. The first-order valence-corrected chi connectivity index (χ1v) is 11.6. The van der Waals surface area contributed by atoms with Gasteiger partial charge < -0.3 is 10.2 Å². The van der Waals surface area contributed by atoms with Crippen LogP contribution < -0.4 is 0 Å². The zero-order valence-electron chi connectivity index (χ0n) is 17.8. The molecule has 3 aliphatic carbocycles. The molecule has 1 heterocycles. The Kier molecular flexibility index (Phi) is 4.22. The van der Waals surface area contributed by atoms with E-state index in [2.05, 4.69) is 4.90 Å². The van der Waals surface area contributed by atoms with Crippen LogP contribution in [0, 0.1) is 5.92 Å². The molecule has 0 radical (unpaired) electrons. The molecule has 31 heavy (non-hydrogen) atoms. The molecule has 4 aliphatic rings. The van der Waals surface area contributed by atoms with Crippen LogP contribution in [-0.2, 0) is 16.6 Å². The Hall–Kier alpha value is -2.43. The monoisotopic (exact) mass is 415 g/mol. The summed E-state index contributed by atoms with van der Waals surface area (Å²) in [7, 11) is 0. The average molecular weight is 416 g/mol. The Morgan fingerprint density at radius 2 is 1.90 bits per heavy atom. The largest absolute Gasteiger partial charge is 0.508 e. The Morgan fingerprint density at radius 3 is 2.68 bits per heavy atom. The minimum Gasteiger partial charge on any atom is -0.508 e. The predicted molar refractivity (Wildman–Crippen MR) is 120 cm³/mol. The summed E-state index contributed by atoms with van der Waals surface area (Å²) in [5, 5.41) is 22.7. The van der Waals surface area contributed by atoms with Gasteiger partial charge in [-0.25, -0.2) is 0 Å². The van der Waals surface area contributed by atoms with Gasteiger partial charge in [0.25, 0.3) is 0 Å². The number of hydrogen-bond acceptors (Lipinski definition) is 4. The summed E-state index contributed by atoms with van der Waals surface area (Å²) in [6.07, 6.45) is 6.75. The first-order chi connectivity index (χ1) is 15.0. The van der Waals surface area contributed by atoms with Gasteiger partial charge in [0.2, 0.25) is 0 Å². The molecule has 1 aliphatic heterocycles. The number of Topliss-reactive ketones (excluding diaryl/α,β-unsaturated/α-hetero) is 1. The number of carbonyl (C=O) groups is 1. The molecule has 3 fully saturated rings. The smallest absolute Gasteiger partial charge is 0.159 e. The molecule has 4 heteroatoms. The summed E-state index contributed by atoms with van der Waals surface area (Å²) >= 11 is 0. The van der Waals surface area contributed by atoms with Gasteiger partial charge in [-0.05, 0) is 78.6 Å². The fraction of sp³-hybridized carbons (Fsp3) is 0.444. The number of phenols is 1. The van der Waals surface area contributed by atoms with E-state index in [4.69, 9.17) is 0 Å². The number of ketones is 1. The van der Waals surface area contributed by atoms with Crippen molar-refractivity contribution in [2.75, 3.05) is 13.1 Å². The third kappa shape index (κ3) is 2.92. The van der Waals surface area contributed by atoms with Crippen LogP contribution >= 0.6 is 0 Å². The number of phenolic OH excluding ortho intramolecular Hbond substituents is 1. The SMILES string of the molecule is O=C1C[C@]23CCN(CC4CC4)[C@H](Cc4ccc(O)cc42)[C@]3(O)C/C1=C\c1ccccc1. The predicted octanol–water partition coefficient (Wildman–Crippen LogP) is 3.85. The van der Waals surface area contributed by atoms with Crippen LogP contribution in [0.3, 0.4) is 0 Å². The minimum atomic E-state index is -1.00. The number of fused-ring (bicyclic) bond motifs is 1. The van der Waals surface area contributed by atoms with Crippen LogP contribution in [0.15, 0.2) is 54.1 Å². The molecule has 2 saturated carbocycles. The van der Waals surface area contributed by atoms with Gasteiger partial charge in [-0.1, -0.05) is 36.4 Å². The van der Waals surface area contributed by atoms with Crippen molar-refractivity contribution in [1.82, 2.24) is 4.90 Å². The lowest BCUT2D eigenvalue weighted by Crippen LogP contribution is -2.73. The van der Waals surface area contributed by atoms with E-state index in [0.717, 1.165) is 48.5 Å². The van der Waals surface area contributed by atoms with Crippen molar-refractivity contribution in [3.05, 3.63) is 70.8 Å². The number of likely N-dealkylation sites (tertiary alicyclic amines) is 1. The van der Waals surface area contributed by atoms with Gasteiger partial charge in [-0.3, -0.25) is 9.69 Å². The van der Waals surface area contributed by atoms with Crippen molar-refractivity contribution >= 4 is 11.9 Å². The summed E-state index contributed by atoms with van der Waals surface area (Å²) in [5.74, 6) is 1.09. The quantitative estimate of drug-likeness (QED) is 0.748. The maximum atomic E-state index is 13.4. The highest BCUT2D eigenvalue weighted by Crippen LogP contribution is 2.59. The van der Waals surface area contributed by atoms with E-state index in [0.29, 0.717) is 12.8 Å². The molecule has 1 saturated heterocycles. The van der Waals surface area contributed by atoms with E-state index in [9.17, 15) is 15.0 Å². The molecular weight excluding hydrogens is 386 g/mol. The third-order valence-electron chi connectivity index (χ3n) is 8.28. The summed E-state index contributed by atoms with van der Waals surface area (Å²) in [6.45, 7) is 1.95. The highest BCUT2D eigenvalue weighted by atomic mass is 16.3. The summed E-state index contributed by atoms with van der Waals surface area (Å²) in [5.41, 5.74) is 2.27. The van der Waals surface area contributed by atoms with Gasteiger partial charge in [-0.2, -0.15) is 0 Å². The normalized spacial score (nSPS) is 33.8. The molecule has 160 valence electrons. The van der Waals surface area contributed by atoms with Gasteiger partial charge in [0.05, 0.1) is 5.60 Å². The number of aromatic hydroxyl groups is 1. The molecule has 0 aromatic heterocycles. The van der Waals surface area contributed by atoms with Crippen molar-refractivity contribution < 1.29 is 15.0 Å². The van der Waals surface area contributed by atoms with Crippen molar-refractivity contribution in [2.45, 2.75) is 55.6 Å². The first kappa shape index (κ1) is 19.3. The summed E-state index contributed by atoms with van der Waals surface area (Å²) in [6, 6.07) is 15.5. The number of nitrogens with zero attached hydrogens (tertiary/aromatic N) is 1. The van der Waals surface area contributed by atoms with E-state index in [-0.39, 0.29) is 17.6 Å². The molecule has 2 aromatic rings. The molecule has 3 atom stereocenters. The molecule has 0 spiro atoms. The maximum absolute atomic E-state index is 13.4. The van der Waals surface area contributed by atoms with Gasteiger partial charge in [0.1, 0.15) is 5.75 Å². The minimum absolute atomic E-state index is 0.00571. The average Bonchev–Trinajstić information content (AvgIpc) is 3.57. The van der Waals surface area contributed by atoms with E-state index in [1.807, 2.05) is 48.5 Å². The topological polar surface area (TPSA) is 60.8 Å². The Labute approximate surface area is 183 Å². The Morgan fingerprint density at radius 1 is 1.10 bits per heavy atom. The van der Waals surface area contributed by atoms with Gasteiger partial charge >= 0.3 is 0 Å². The van der Waals surface area contributed by atoms with Gasteiger partial charge in [0.15, 0.2) is 5.78 Å². The second-order valence-electron chi connectivity index (χ2n) is 10.1. The second-order valence-corrected chi connectivity index (χ2v) is 10.1. The molecule has 0 amide bonds. The number of benzene rings is 2. The lowest BCUT2D eigenvalue weighted by molar-refractivity contribution is -0.164. The van der Waals surface area contributed by atoms with Crippen molar-refractivity contribution in [2.24, 2.45) is 5.92 Å². The van der Waals surface area contributed by atoms with E-state index in [1.54, 1.807) is 6.07 Å². The number of piperidine rings is 1. The molecular formula is C27H29NO3. The van der Waals surface area contributed by atoms with E-state index >= 15 is 0 Å². The number of carbonyl (C=O) groups excluding carboxylic acids is 1. The van der Waals surface area contributed by atoms with Gasteiger partial charge in [0, 0.05) is 30.8 Å². The van der Waals surface area contributed by atoms with Crippen LogP contribution in [0.1, 0.15) is 48.8 Å². The molecule has 4 nitrogen and oxygen atoms in total. The molecule has 2 aromatic carbocycles. The van der Waals surface area contributed by atoms with Crippen LogP contribution in [0.5, 0.6) is 5.75 Å². The fourth-order valence-corrected chi connectivity index (χ4v) is 6.52. The van der Waals surface area contributed by atoms with Crippen LogP contribution in [0.25, 0.3) is 6.08 Å². The molecule has 2 bridgehead atoms. The second kappa shape index (κ2) is 6.78. The molecule has 2 N–H and O–H groups in total. The van der Waals surface area contributed by atoms with Gasteiger partial charge in [-0.15, -0.1) is 0 Å². The highest BCUT2D eigenvalue weighted by molar-refractivity contribution is 6.02. The first-order valence-electron chi connectivity index (χ1n) is 11.6. The van der Waals surface area contributed by atoms with E-state index in [1.165, 1.54) is 18.4 Å². The lowest BCUT2D eigenvalue weighted by atomic mass is 9.48. The zero-order chi connectivity index (χ0) is 21.2. The van der Waals surface area contributed by atoms with Crippen LogP contribution in [-0.4, -0.2) is 45.6 Å². The lowest BCUT2D eigenvalue weighted by Gasteiger charge is -2.63. The number of hydrogen-bond donors (Lipinski definition) is 2. The zero-order valence-corrected chi connectivity index (χ0v) is 17.8. The highest BCUT2D eigenvalue weighted by Gasteiger charge is 2.65. The van der Waals surface area contributed by atoms with E-state index < -0.39 is 11.0 Å². The maximum Gasteiger partial charge on any atom is 0.159 e. The van der Waals surface area contributed by atoms with Crippen LogP contribution in [0.4, 0.5) is 0 Å². The summed E-state index contributed by atoms with van der Waals surface area (Å²) in [4.78, 5) is 15.9. The summed E-state index contributed by atoms with van der Waals surface area (Å²) < 4.78 is 0. The fourth-order valence-electron chi connectivity index (χ4n) is 6.52. The van der Waals surface area contributed by atoms with Crippen molar-refractivity contribution in [1.29, 1.82) is 0 Å². The van der Waals surface area contributed by atoms with Crippen molar-refractivity contribution in [3.8, 4) is 5.75 Å². The molecule has 6 rings (SSSR count). The Balaban J connectivity index is 1.47. The van der Waals surface area contributed by atoms with Crippen molar-refractivity contribution in [3.63, 3.8) is 0 Å². The number of rotatable bonds is 3. The Bertz CT molecular complexity index is 1070. The molecule has 0 unspecified atom stereocenters.